The van der Waals surface area contributed by atoms with Gasteiger partial charge in [0, 0.05) is 29.1 Å². The van der Waals surface area contributed by atoms with E-state index in [-0.39, 0.29) is 36.1 Å². The number of esters is 1. The predicted octanol–water partition coefficient (Wildman–Crippen LogP) is 8.07. The van der Waals surface area contributed by atoms with Crippen LogP contribution in [0, 0.1) is 34.5 Å². The van der Waals surface area contributed by atoms with Gasteiger partial charge in [-0.2, -0.15) is 0 Å². The maximum Gasteiger partial charge on any atom is 0.514 e. The Labute approximate surface area is 316 Å². The Morgan fingerprint density at radius 2 is 1.74 bits per heavy atom. The molecule has 5 aliphatic rings. The molecule has 10 unspecified atom stereocenters. The van der Waals surface area contributed by atoms with Crippen molar-refractivity contribution >= 4 is 23.7 Å². The first-order valence-corrected chi connectivity index (χ1v) is 19.6. The lowest BCUT2D eigenvalue weighted by atomic mass is 9.44. The Balaban J connectivity index is 1.16. The third-order valence-electron chi connectivity index (χ3n) is 13.1. The number of aliphatic hydroxyl groups excluding tert-OH is 1. The maximum absolute atomic E-state index is 17.8. The Kier molecular flexibility index (Phi) is 11.3. The fourth-order valence-corrected chi connectivity index (χ4v) is 10.3. The fourth-order valence-electron chi connectivity index (χ4n) is 10.3. The molecule has 0 amide bonds. The summed E-state index contributed by atoms with van der Waals surface area (Å²) in [4.78, 5) is 52.0. The molecule has 0 spiro atoms. The molecule has 11 heteroatoms. The molecule has 0 bridgehead atoms. The van der Waals surface area contributed by atoms with Crippen LogP contribution < -0.4 is 4.74 Å². The van der Waals surface area contributed by atoms with Gasteiger partial charge in [-0.15, -0.1) is 0 Å². The zero-order chi connectivity index (χ0) is 39.1. The van der Waals surface area contributed by atoms with Gasteiger partial charge in [-0.25, -0.2) is 13.6 Å². The van der Waals surface area contributed by atoms with E-state index in [2.05, 4.69) is 6.92 Å². The SMILES string of the molecule is CCCCCOC(=O)C(C)Cc1ccc(OC(=O)OCC(=O)C23OC(CCCC)=CC2CC2C4CC(F)C5=CC(=O)C=CC5(C)C4(F)C(O)CC23C)cc1. The van der Waals surface area contributed by atoms with E-state index in [0.717, 1.165) is 43.7 Å². The molecule has 1 aliphatic heterocycles. The summed E-state index contributed by atoms with van der Waals surface area (Å²) in [6.07, 6.45) is 6.90. The predicted molar refractivity (Wildman–Crippen MR) is 196 cm³/mol. The Hall–Kier alpha value is -3.86. The second-order valence-corrected chi connectivity index (χ2v) is 16.5. The van der Waals surface area contributed by atoms with Gasteiger partial charge in [-0.1, -0.05) is 65.2 Å². The van der Waals surface area contributed by atoms with E-state index in [4.69, 9.17) is 18.9 Å². The number of hydrogen-bond donors (Lipinski definition) is 1. The number of ether oxygens (including phenoxy) is 4. The molecular formula is C43H54F2O9. The fraction of sp³-hybridized carbons (Fsp3) is 0.628. The van der Waals surface area contributed by atoms with Crippen LogP contribution in [0.3, 0.4) is 0 Å². The summed E-state index contributed by atoms with van der Waals surface area (Å²) >= 11 is 0. The quantitative estimate of drug-likeness (QED) is 0.114. The van der Waals surface area contributed by atoms with Crippen molar-refractivity contribution in [2.75, 3.05) is 13.2 Å². The first-order chi connectivity index (χ1) is 25.6. The van der Waals surface area contributed by atoms with Crippen LogP contribution in [0.15, 0.2) is 59.9 Å². The molecule has 3 fully saturated rings. The first-order valence-electron chi connectivity index (χ1n) is 19.6. The van der Waals surface area contributed by atoms with E-state index in [0.29, 0.717) is 31.6 Å². The van der Waals surface area contributed by atoms with Gasteiger partial charge in [0.05, 0.1) is 24.4 Å². The van der Waals surface area contributed by atoms with Gasteiger partial charge in [0.15, 0.2) is 23.7 Å². The number of fused-ring (bicyclic) bond motifs is 7. The molecule has 1 heterocycles. The van der Waals surface area contributed by atoms with E-state index in [1.807, 2.05) is 19.9 Å². The summed E-state index contributed by atoms with van der Waals surface area (Å²) in [7, 11) is 0. The number of allylic oxidation sites excluding steroid dienone is 5. The van der Waals surface area contributed by atoms with Crippen LogP contribution in [0.5, 0.6) is 5.75 Å². The van der Waals surface area contributed by atoms with Crippen molar-refractivity contribution in [2.24, 2.45) is 34.5 Å². The van der Waals surface area contributed by atoms with Crippen LogP contribution in [0.25, 0.3) is 0 Å². The number of benzene rings is 1. The van der Waals surface area contributed by atoms with Crippen LogP contribution in [-0.4, -0.2) is 65.6 Å². The van der Waals surface area contributed by atoms with Crippen LogP contribution in [0.2, 0.25) is 0 Å². The summed E-state index contributed by atoms with van der Waals surface area (Å²) in [5.74, 6) is -2.83. The highest BCUT2D eigenvalue weighted by Crippen LogP contribution is 2.73. The molecule has 1 aromatic rings. The number of hydrogen-bond acceptors (Lipinski definition) is 9. The molecule has 54 heavy (non-hydrogen) atoms. The molecule has 6 rings (SSSR count). The number of ketones is 2. The van der Waals surface area contributed by atoms with Gasteiger partial charge in [-0.3, -0.25) is 14.4 Å². The van der Waals surface area contributed by atoms with Crippen molar-refractivity contribution in [1.82, 2.24) is 0 Å². The topological polar surface area (TPSA) is 125 Å². The lowest BCUT2D eigenvalue weighted by molar-refractivity contribution is -0.224. The Morgan fingerprint density at radius 3 is 2.44 bits per heavy atom. The van der Waals surface area contributed by atoms with Gasteiger partial charge >= 0.3 is 12.1 Å². The van der Waals surface area contributed by atoms with E-state index in [1.54, 1.807) is 38.1 Å². The third kappa shape index (κ3) is 6.62. The van der Waals surface area contributed by atoms with Crippen molar-refractivity contribution in [3.8, 4) is 5.75 Å². The summed E-state index contributed by atoms with van der Waals surface area (Å²) < 4.78 is 56.5. The highest BCUT2D eigenvalue weighted by atomic mass is 19.1. The van der Waals surface area contributed by atoms with Crippen molar-refractivity contribution in [1.29, 1.82) is 0 Å². The molecular weight excluding hydrogens is 698 g/mol. The van der Waals surface area contributed by atoms with Gasteiger partial charge < -0.3 is 24.1 Å². The van der Waals surface area contributed by atoms with Crippen molar-refractivity contribution in [3.05, 3.63) is 65.5 Å². The van der Waals surface area contributed by atoms with E-state index >= 15 is 8.78 Å². The lowest BCUT2D eigenvalue weighted by Gasteiger charge is -2.63. The highest BCUT2D eigenvalue weighted by Gasteiger charge is 2.79. The minimum atomic E-state index is -2.30. The normalized spacial score (nSPS) is 35.3. The number of carbonyl (C=O) groups is 4. The number of rotatable bonds is 14. The zero-order valence-corrected chi connectivity index (χ0v) is 32.0. The smallest absolute Gasteiger partial charge is 0.483 e. The monoisotopic (exact) mass is 752 g/mol. The molecule has 0 radical (unpaired) electrons. The Bertz CT molecular complexity index is 1720. The van der Waals surface area contributed by atoms with E-state index < -0.39 is 76.5 Å². The molecule has 1 aromatic carbocycles. The molecule has 4 aliphatic carbocycles. The van der Waals surface area contributed by atoms with Gasteiger partial charge in [0.1, 0.15) is 11.9 Å². The van der Waals surface area contributed by atoms with Crippen LogP contribution in [0.4, 0.5) is 13.6 Å². The number of alkyl halides is 2. The first kappa shape index (κ1) is 39.8. The second kappa shape index (κ2) is 15.3. The number of Topliss-reactive ketones (excluding diaryl/α,β-unsaturated/α-hetero) is 1. The lowest BCUT2D eigenvalue weighted by Crippen LogP contribution is -2.70. The number of aliphatic hydroxyl groups is 1. The number of carbonyl (C=O) groups excluding carboxylic acids is 4. The van der Waals surface area contributed by atoms with Crippen molar-refractivity contribution < 1.29 is 52.0 Å². The molecule has 10 atom stereocenters. The molecule has 1 N–H and O–H groups in total. The van der Waals surface area contributed by atoms with Gasteiger partial charge in [0.2, 0.25) is 5.78 Å². The summed E-state index contributed by atoms with van der Waals surface area (Å²) in [6, 6.07) is 6.62. The van der Waals surface area contributed by atoms with Crippen LogP contribution >= 0.6 is 0 Å². The Morgan fingerprint density at radius 1 is 1.02 bits per heavy atom. The minimum absolute atomic E-state index is 0.0346. The summed E-state index contributed by atoms with van der Waals surface area (Å²) in [6.45, 7) is 8.99. The average molecular weight is 753 g/mol. The average Bonchev–Trinajstić information content (AvgIpc) is 3.63. The van der Waals surface area contributed by atoms with E-state index in [9.17, 15) is 24.3 Å². The largest absolute Gasteiger partial charge is 0.514 e. The summed E-state index contributed by atoms with van der Waals surface area (Å²) in [5, 5.41) is 11.8. The minimum Gasteiger partial charge on any atom is -0.483 e. The summed E-state index contributed by atoms with van der Waals surface area (Å²) in [5.41, 5.74) is -5.70. The number of halogens is 2. The van der Waals surface area contributed by atoms with Crippen LogP contribution in [-0.2, 0) is 35.0 Å². The zero-order valence-electron chi connectivity index (χ0n) is 32.0. The third-order valence-corrected chi connectivity index (χ3v) is 13.1. The van der Waals surface area contributed by atoms with Crippen LogP contribution in [0.1, 0.15) is 98.0 Å². The highest BCUT2D eigenvalue weighted by molar-refractivity contribution is 6.01. The molecule has 9 nitrogen and oxygen atoms in total. The van der Waals surface area contributed by atoms with E-state index in [1.165, 1.54) is 12.2 Å². The van der Waals surface area contributed by atoms with Crippen molar-refractivity contribution in [3.63, 3.8) is 0 Å². The van der Waals surface area contributed by atoms with Crippen molar-refractivity contribution in [2.45, 2.75) is 122 Å². The van der Waals surface area contributed by atoms with Gasteiger partial charge in [0.25, 0.3) is 0 Å². The molecule has 3 saturated carbocycles. The molecule has 0 aromatic heterocycles. The second-order valence-electron chi connectivity index (χ2n) is 16.5. The van der Waals surface area contributed by atoms with Gasteiger partial charge in [-0.05, 0) is 92.9 Å². The molecule has 0 saturated heterocycles. The standard InChI is InChI=1S/C43H54F2O9/c1-6-8-10-18-51-38(49)26(3)19-27-12-14-30(15-13-27)53-39(50)52-25-37(48)43-28(20-31(54-43)11-9-7-2)21-32-33-23-35(44)34-22-29(46)16-17-40(34,4)42(33,45)36(47)24-41(32,43)5/h12-17,20,22,26,28,32-33,35-36,47H,6-11,18-19,21,23-25H2,1-5H3. The molecule has 294 valence electrons. The maximum atomic E-state index is 17.8. The number of unbranched alkanes of at least 4 members (excludes halogenated alkanes) is 3.